The van der Waals surface area contributed by atoms with E-state index in [0.29, 0.717) is 5.54 Å². The summed E-state index contributed by atoms with van der Waals surface area (Å²) in [5, 5.41) is 0. The van der Waals surface area contributed by atoms with Crippen LogP contribution in [0.2, 0.25) is 5.54 Å². The van der Waals surface area contributed by atoms with Crippen molar-refractivity contribution >= 4 is 8.72 Å². The minimum Gasteiger partial charge on any atom is -0.386 e. The fraction of sp³-hybridized carbons (Fsp3) is 1.00. The highest BCUT2D eigenvalue weighted by atomic mass is 28.4. The van der Waals surface area contributed by atoms with E-state index in [9.17, 15) is 0 Å². The molecule has 0 aliphatic heterocycles. The average Bonchev–Trinajstić information content (AvgIpc) is 2.07. The van der Waals surface area contributed by atoms with Crippen LogP contribution in [0, 0.1) is 0 Å². The number of hydrogen-bond acceptors (Lipinski definition) is 3. The zero-order valence-corrected chi connectivity index (χ0v) is 9.81. The first-order chi connectivity index (χ1) is 5.63. The Bertz CT molecular complexity index is 116. The van der Waals surface area contributed by atoms with Crippen LogP contribution < -0.4 is 4.98 Å². The van der Waals surface area contributed by atoms with E-state index in [1.54, 1.807) is 14.2 Å². The Balaban J connectivity index is 4.15. The third kappa shape index (κ3) is 2.86. The summed E-state index contributed by atoms with van der Waals surface area (Å²) >= 11 is 0. The van der Waals surface area contributed by atoms with Crippen LogP contribution in [0.15, 0.2) is 0 Å². The molecule has 0 saturated heterocycles. The molecular weight excluding hydrogens is 170 g/mol. The lowest BCUT2D eigenvalue weighted by atomic mass is 10.5. The first-order valence-corrected chi connectivity index (χ1v) is 6.37. The van der Waals surface area contributed by atoms with Gasteiger partial charge in [0.15, 0.2) is 0 Å². The summed E-state index contributed by atoms with van der Waals surface area (Å²) in [5.41, 5.74) is 0.430. The molecule has 0 aliphatic rings. The van der Waals surface area contributed by atoms with E-state index in [0.717, 1.165) is 13.0 Å². The van der Waals surface area contributed by atoms with Crippen molar-refractivity contribution in [2.75, 3.05) is 20.8 Å². The predicted molar refractivity (Wildman–Crippen MR) is 53.2 cm³/mol. The molecule has 0 fully saturated rings. The minimum atomic E-state index is -2.09. The van der Waals surface area contributed by atoms with Gasteiger partial charge < -0.3 is 8.85 Å². The summed E-state index contributed by atoms with van der Waals surface area (Å²) in [7, 11) is 1.35. The Morgan fingerprint density at radius 2 is 1.75 bits per heavy atom. The van der Waals surface area contributed by atoms with Gasteiger partial charge in [0.2, 0.25) is 0 Å². The molecule has 0 atom stereocenters. The molecule has 0 radical (unpaired) electrons. The molecule has 0 aromatic heterocycles. The molecule has 0 unspecified atom stereocenters. The molecule has 0 aromatic carbocycles. The van der Waals surface area contributed by atoms with Gasteiger partial charge in [0.05, 0.1) is 0 Å². The van der Waals surface area contributed by atoms with Crippen LogP contribution in [-0.2, 0) is 8.85 Å². The predicted octanol–water partition coefficient (Wildman–Crippen LogP) is 1.63. The summed E-state index contributed by atoms with van der Waals surface area (Å²) in [6.45, 7) is 7.35. The van der Waals surface area contributed by atoms with E-state index in [2.05, 4.69) is 25.8 Å². The maximum Gasteiger partial charge on any atom is 0.427 e. The van der Waals surface area contributed by atoms with Gasteiger partial charge in [0.1, 0.15) is 0 Å². The second kappa shape index (κ2) is 5.69. The van der Waals surface area contributed by atoms with Crippen molar-refractivity contribution < 1.29 is 8.85 Å². The zero-order chi connectivity index (χ0) is 9.61. The number of nitrogens with one attached hydrogen (secondary N) is 1. The summed E-state index contributed by atoms with van der Waals surface area (Å²) in [5.74, 6) is 0. The van der Waals surface area contributed by atoms with Gasteiger partial charge in [0, 0.05) is 19.8 Å². The van der Waals surface area contributed by atoms with E-state index in [1.165, 1.54) is 0 Å². The van der Waals surface area contributed by atoms with Crippen molar-refractivity contribution in [3.63, 3.8) is 0 Å². The van der Waals surface area contributed by atoms with Crippen LogP contribution >= 0.6 is 0 Å². The van der Waals surface area contributed by atoms with Gasteiger partial charge in [-0.25, -0.2) is 0 Å². The van der Waals surface area contributed by atoms with Gasteiger partial charge in [-0.05, 0) is 13.0 Å². The van der Waals surface area contributed by atoms with Crippen LogP contribution in [0.1, 0.15) is 27.2 Å². The third-order valence-electron chi connectivity index (χ3n) is 1.99. The molecule has 0 amide bonds. The highest BCUT2D eigenvalue weighted by molar-refractivity contribution is 6.66. The monoisotopic (exact) mass is 191 g/mol. The van der Waals surface area contributed by atoms with Crippen LogP contribution in [0.3, 0.4) is 0 Å². The fourth-order valence-electron chi connectivity index (χ4n) is 1.20. The summed E-state index contributed by atoms with van der Waals surface area (Å²) in [6.07, 6.45) is 1.11. The van der Waals surface area contributed by atoms with Crippen LogP contribution in [0.25, 0.3) is 0 Å². The SMILES string of the molecule is CCCN[Si](OC)(OC)C(C)C. The van der Waals surface area contributed by atoms with Gasteiger partial charge in [-0.15, -0.1) is 0 Å². The van der Waals surface area contributed by atoms with Crippen molar-refractivity contribution in [2.45, 2.75) is 32.7 Å². The molecule has 0 bridgehead atoms. The van der Waals surface area contributed by atoms with E-state index in [4.69, 9.17) is 8.85 Å². The molecule has 0 saturated carbocycles. The van der Waals surface area contributed by atoms with Crippen LogP contribution in [0.5, 0.6) is 0 Å². The smallest absolute Gasteiger partial charge is 0.386 e. The highest BCUT2D eigenvalue weighted by Gasteiger charge is 2.39. The van der Waals surface area contributed by atoms with Crippen LogP contribution in [-0.4, -0.2) is 29.5 Å². The third-order valence-corrected chi connectivity index (χ3v) is 5.46. The Hall–Kier alpha value is 0.0969. The molecule has 1 N–H and O–H groups in total. The number of hydrogen-bond donors (Lipinski definition) is 1. The second-order valence-corrected chi connectivity index (χ2v) is 6.82. The molecule has 0 heterocycles. The first kappa shape index (κ1) is 12.1. The first-order valence-electron chi connectivity index (χ1n) is 4.48. The maximum absolute atomic E-state index is 5.46. The van der Waals surface area contributed by atoms with Crippen molar-refractivity contribution in [2.24, 2.45) is 0 Å². The van der Waals surface area contributed by atoms with Gasteiger partial charge in [0.25, 0.3) is 0 Å². The summed E-state index contributed by atoms with van der Waals surface area (Å²) < 4.78 is 10.9. The van der Waals surface area contributed by atoms with Crippen molar-refractivity contribution in [1.82, 2.24) is 4.98 Å². The fourth-order valence-corrected chi connectivity index (χ4v) is 3.61. The van der Waals surface area contributed by atoms with Gasteiger partial charge in [-0.1, -0.05) is 20.8 Å². The van der Waals surface area contributed by atoms with Gasteiger partial charge >= 0.3 is 8.72 Å². The molecule has 74 valence electrons. The molecule has 0 spiro atoms. The van der Waals surface area contributed by atoms with Crippen LogP contribution in [0.4, 0.5) is 0 Å². The number of rotatable bonds is 6. The Labute approximate surface area is 76.8 Å². The standard InChI is InChI=1S/C8H21NO2Si/c1-6-7-9-12(10-4,11-5)8(2)3/h8-9H,6-7H2,1-5H3. The summed E-state index contributed by atoms with van der Waals surface area (Å²) in [4.78, 5) is 3.38. The molecule has 12 heavy (non-hydrogen) atoms. The quantitative estimate of drug-likeness (QED) is 0.647. The van der Waals surface area contributed by atoms with E-state index in [1.807, 2.05) is 0 Å². The highest BCUT2D eigenvalue weighted by Crippen LogP contribution is 2.18. The lowest BCUT2D eigenvalue weighted by Gasteiger charge is -2.31. The molecule has 0 aliphatic carbocycles. The maximum atomic E-state index is 5.46. The largest absolute Gasteiger partial charge is 0.427 e. The molecular formula is C8H21NO2Si. The molecule has 4 heteroatoms. The minimum absolute atomic E-state index is 0.430. The van der Waals surface area contributed by atoms with E-state index < -0.39 is 8.72 Å². The normalized spacial score (nSPS) is 12.5. The lowest BCUT2D eigenvalue weighted by molar-refractivity contribution is 0.218. The molecule has 0 rings (SSSR count). The molecule has 0 aromatic rings. The van der Waals surface area contributed by atoms with Crippen molar-refractivity contribution in [1.29, 1.82) is 0 Å². The van der Waals surface area contributed by atoms with Gasteiger partial charge in [-0.2, -0.15) is 0 Å². The zero-order valence-electron chi connectivity index (χ0n) is 8.81. The summed E-state index contributed by atoms with van der Waals surface area (Å²) in [6, 6.07) is 0. The van der Waals surface area contributed by atoms with Crippen molar-refractivity contribution in [3.05, 3.63) is 0 Å². The Kier molecular flexibility index (Phi) is 5.74. The van der Waals surface area contributed by atoms with Gasteiger partial charge in [-0.3, -0.25) is 4.98 Å². The van der Waals surface area contributed by atoms with E-state index in [-0.39, 0.29) is 0 Å². The molecule has 3 nitrogen and oxygen atoms in total. The second-order valence-electron chi connectivity index (χ2n) is 3.16. The Morgan fingerprint density at radius 3 is 2.00 bits per heavy atom. The topological polar surface area (TPSA) is 30.5 Å². The average molecular weight is 191 g/mol. The van der Waals surface area contributed by atoms with E-state index >= 15 is 0 Å². The Morgan fingerprint density at radius 1 is 1.25 bits per heavy atom. The van der Waals surface area contributed by atoms with Crippen molar-refractivity contribution in [3.8, 4) is 0 Å². The lowest BCUT2D eigenvalue weighted by Crippen LogP contribution is -2.57.